The average Bonchev–Trinajstić information content (AvgIpc) is 2.68. The van der Waals surface area contributed by atoms with Crippen molar-refractivity contribution in [3.63, 3.8) is 0 Å². The highest BCUT2D eigenvalue weighted by molar-refractivity contribution is 5.82. The van der Waals surface area contributed by atoms with Crippen LogP contribution in [-0.4, -0.2) is 48.1 Å². The number of hydrogen-bond donors (Lipinski definition) is 2. The zero-order valence-corrected chi connectivity index (χ0v) is 19.6. The number of hydrogen-bond acceptors (Lipinski definition) is 7. The molecule has 176 valence electrons. The Labute approximate surface area is 189 Å². The molecule has 0 aliphatic carbocycles. The first-order chi connectivity index (χ1) is 15.0. The summed E-state index contributed by atoms with van der Waals surface area (Å²) in [5.74, 6) is -0.591. The van der Waals surface area contributed by atoms with Crippen molar-refractivity contribution in [2.24, 2.45) is 0 Å². The van der Waals surface area contributed by atoms with Crippen LogP contribution in [0, 0.1) is 20.8 Å². The molecular formula is C24H33NO7. The molecule has 1 aliphatic heterocycles. The topological polar surface area (TPSA) is 103 Å². The molecule has 0 saturated heterocycles. The van der Waals surface area contributed by atoms with Crippen molar-refractivity contribution in [2.75, 3.05) is 13.2 Å². The fraction of sp³-hybridized carbons (Fsp3) is 0.500. The molecule has 0 radical (unpaired) electrons. The number of carbonyl (C=O) groups is 2. The monoisotopic (exact) mass is 447 g/mol. The largest absolute Gasteiger partial charge is 0.463 e. The van der Waals surface area contributed by atoms with E-state index in [-0.39, 0.29) is 19.2 Å². The second-order valence-corrected chi connectivity index (χ2v) is 8.71. The third kappa shape index (κ3) is 7.92. The van der Waals surface area contributed by atoms with E-state index >= 15 is 0 Å². The molecule has 0 fully saturated rings. The van der Waals surface area contributed by atoms with Crippen molar-refractivity contribution >= 4 is 12.1 Å². The van der Waals surface area contributed by atoms with Gasteiger partial charge in [0.05, 0.1) is 0 Å². The SMILES string of the molecule is Cc1cc(C)c(COC(=O)C(NC(=O)OC(C)(C)C)[C@@H](O)COC2=CC=CCO2)c(C)c1. The van der Waals surface area contributed by atoms with Crippen LogP contribution in [0.1, 0.15) is 43.0 Å². The van der Waals surface area contributed by atoms with Gasteiger partial charge in [-0.15, -0.1) is 0 Å². The van der Waals surface area contributed by atoms with Crippen molar-refractivity contribution in [1.82, 2.24) is 5.32 Å². The average molecular weight is 448 g/mol. The van der Waals surface area contributed by atoms with Gasteiger partial charge in [0, 0.05) is 6.08 Å². The van der Waals surface area contributed by atoms with Crippen molar-refractivity contribution in [2.45, 2.75) is 65.9 Å². The van der Waals surface area contributed by atoms with Crippen molar-refractivity contribution in [3.8, 4) is 0 Å². The summed E-state index contributed by atoms with van der Waals surface area (Å²) < 4.78 is 21.4. The minimum absolute atomic E-state index is 0.00984. The summed E-state index contributed by atoms with van der Waals surface area (Å²) in [6, 6.07) is 2.61. The van der Waals surface area contributed by atoms with E-state index in [1.54, 1.807) is 39.0 Å². The van der Waals surface area contributed by atoms with Gasteiger partial charge in [-0.2, -0.15) is 0 Å². The standard InChI is InChI=1S/C24H33NO7/c1-15-11-16(2)18(17(3)12-15)13-31-22(27)21(25-23(28)32-24(4,5)6)19(26)14-30-20-9-7-8-10-29-20/h7-9,11-12,19,21,26H,10,13-14H2,1-6H3,(H,25,28)/t19-,21?/m0/s1. The van der Waals surface area contributed by atoms with E-state index in [9.17, 15) is 14.7 Å². The van der Waals surface area contributed by atoms with Crippen LogP contribution in [0.3, 0.4) is 0 Å². The van der Waals surface area contributed by atoms with E-state index in [4.69, 9.17) is 18.9 Å². The number of benzene rings is 1. The van der Waals surface area contributed by atoms with Crippen LogP contribution in [0.25, 0.3) is 0 Å². The lowest BCUT2D eigenvalue weighted by Gasteiger charge is -2.26. The summed E-state index contributed by atoms with van der Waals surface area (Å²) in [6.45, 7) is 11.0. The van der Waals surface area contributed by atoms with E-state index in [0.29, 0.717) is 6.61 Å². The summed E-state index contributed by atoms with van der Waals surface area (Å²) in [6.07, 6.45) is 2.89. The molecule has 0 bridgehead atoms. The first-order valence-corrected chi connectivity index (χ1v) is 10.5. The first kappa shape index (κ1) is 25.3. The van der Waals surface area contributed by atoms with Crippen molar-refractivity contribution in [3.05, 3.63) is 58.6 Å². The number of rotatable bonds is 8. The molecule has 1 unspecified atom stereocenters. The third-order valence-electron chi connectivity index (χ3n) is 4.60. The molecule has 2 atom stereocenters. The number of alkyl carbamates (subject to hydrolysis) is 1. The van der Waals surface area contributed by atoms with Crippen LogP contribution >= 0.6 is 0 Å². The van der Waals surface area contributed by atoms with Crippen LogP contribution in [0.5, 0.6) is 0 Å². The highest BCUT2D eigenvalue weighted by atomic mass is 16.7. The van der Waals surface area contributed by atoms with E-state index < -0.39 is 29.8 Å². The van der Waals surface area contributed by atoms with Crippen LogP contribution < -0.4 is 5.32 Å². The lowest BCUT2D eigenvalue weighted by Crippen LogP contribution is -2.52. The maximum absolute atomic E-state index is 12.8. The number of esters is 1. The maximum Gasteiger partial charge on any atom is 0.408 e. The quantitative estimate of drug-likeness (QED) is 0.589. The zero-order valence-electron chi connectivity index (χ0n) is 19.6. The second-order valence-electron chi connectivity index (χ2n) is 8.71. The minimum Gasteiger partial charge on any atom is -0.463 e. The van der Waals surface area contributed by atoms with Gasteiger partial charge in [0.2, 0.25) is 0 Å². The van der Waals surface area contributed by atoms with Gasteiger partial charge in [-0.1, -0.05) is 23.8 Å². The Morgan fingerprint density at radius 1 is 1.19 bits per heavy atom. The van der Waals surface area contributed by atoms with Crippen molar-refractivity contribution in [1.29, 1.82) is 0 Å². The van der Waals surface area contributed by atoms with Gasteiger partial charge in [0.1, 0.15) is 31.5 Å². The van der Waals surface area contributed by atoms with Crippen LogP contribution in [0.2, 0.25) is 0 Å². The van der Waals surface area contributed by atoms with Crippen LogP contribution in [0.15, 0.2) is 36.3 Å². The number of nitrogens with one attached hydrogen (secondary N) is 1. The number of carbonyl (C=O) groups excluding carboxylic acids is 2. The normalized spacial score (nSPS) is 15.2. The number of ether oxygens (including phenoxy) is 4. The molecular weight excluding hydrogens is 414 g/mol. The molecule has 2 N–H and O–H groups in total. The molecule has 32 heavy (non-hydrogen) atoms. The molecule has 0 saturated carbocycles. The number of amides is 1. The molecule has 1 aliphatic rings. The Morgan fingerprint density at radius 2 is 1.84 bits per heavy atom. The molecule has 2 rings (SSSR count). The third-order valence-corrected chi connectivity index (χ3v) is 4.60. The summed E-state index contributed by atoms with van der Waals surface area (Å²) in [4.78, 5) is 25.1. The highest BCUT2D eigenvalue weighted by Gasteiger charge is 2.33. The number of allylic oxidation sites excluding steroid dienone is 2. The fourth-order valence-electron chi connectivity index (χ4n) is 3.15. The number of aliphatic hydroxyl groups excluding tert-OH is 1. The molecule has 0 spiro atoms. The Hall–Kier alpha value is -3.00. The predicted octanol–water partition coefficient (Wildman–Crippen LogP) is 3.35. The highest BCUT2D eigenvalue weighted by Crippen LogP contribution is 2.18. The molecule has 0 aromatic heterocycles. The van der Waals surface area contributed by atoms with Gasteiger partial charge in [0.15, 0.2) is 6.04 Å². The summed E-state index contributed by atoms with van der Waals surface area (Å²) in [5.41, 5.74) is 3.19. The predicted molar refractivity (Wildman–Crippen MR) is 119 cm³/mol. The van der Waals surface area contributed by atoms with E-state index in [0.717, 1.165) is 22.3 Å². The number of aryl methyl sites for hydroxylation is 3. The molecule has 8 heteroatoms. The van der Waals surface area contributed by atoms with Gasteiger partial charge in [-0.3, -0.25) is 0 Å². The molecule has 1 aromatic carbocycles. The summed E-state index contributed by atoms with van der Waals surface area (Å²) in [7, 11) is 0. The van der Waals surface area contributed by atoms with Gasteiger partial charge < -0.3 is 29.4 Å². The summed E-state index contributed by atoms with van der Waals surface area (Å²) >= 11 is 0. The van der Waals surface area contributed by atoms with Gasteiger partial charge in [-0.05, 0) is 64.3 Å². The number of aliphatic hydroxyl groups is 1. The Kier molecular flexibility index (Phi) is 8.72. The van der Waals surface area contributed by atoms with Crippen LogP contribution in [-0.2, 0) is 30.3 Å². The maximum atomic E-state index is 12.8. The smallest absolute Gasteiger partial charge is 0.408 e. The second kappa shape index (κ2) is 11.0. The zero-order chi connectivity index (χ0) is 23.9. The molecule has 1 amide bonds. The van der Waals surface area contributed by atoms with E-state index in [1.165, 1.54) is 0 Å². The summed E-state index contributed by atoms with van der Waals surface area (Å²) in [5, 5.41) is 13.0. The molecule has 1 heterocycles. The first-order valence-electron chi connectivity index (χ1n) is 10.5. The van der Waals surface area contributed by atoms with Gasteiger partial charge >= 0.3 is 12.1 Å². The van der Waals surface area contributed by atoms with E-state index in [1.807, 2.05) is 32.9 Å². The lowest BCUT2D eigenvalue weighted by atomic mass is 10.0. The molecule has 8 nitrogen and oxygen atoms in total. The Morgan fingerprint density at radius 3 is 2.41 bits per heavy atom. The fourth-order valence-corrected chi connectivity index (χ4v) is 3.15. The van der Waals surface area contributed by atoms with Crippen molar-refractivity contribution < 1.29 is 33.6 Å². The van der Waals surface area contributed by atoms with E-state index in [2.05, 4.69) is 5.32 Å². The molecule has 1 aromatic rings. The lowest BCUT2D eigenvalue weighted by molar-refractivity contribution is -0.152. The minimum atomic E-state index is -1.40. The van der Waals surface area contributed by atoms with Gasteiger partial charge in [-0.25, -0.2) is 9.59 Å². The Balaban J connectivity index is 2.09. The van der Waals surface area contributed by atoms with Crippen LogP contribution in [0.4, 0.5) is 4.79 Å². The van der Waals surface area contributed by atoms with Gasteiger partial charge in [0.25, 0.3) is 5.95 Å². The Bertz CT molecular complexity index is 860.